The van der Waals surface area contributed by atoms with E-state index in [1.165, 1.54) is 12.8 Å². The fraction of sp³-hybridized carbons (Fsp3) is 0.600. The van der Waals surface area contributed by atoms with Gasteiger partial charge in [0.25, 0.3) is 0 Å². The Morgan fingerprint density at radius 2 is 1.90 bits per heavy atom. The zero-order valence-corrected chi connectivity index (χ0v) is 12.8. The van der Waals surface area contributed by atoms with Gasteiger partial charge >= 0.3 is 0 Å². The monoisotopic (exact) mass is 297 g/mol. The average Bonchev–Trinajstić information content (AvgIpc) is 2.98. The molecule has 0 radical (unpaired) electrons. The fourth-order valence-corrected chi connectivity index (χ4v) is 4.04. The predicted molar refractivity (Wildman–Crippen MR) is 80.9 cm³/mol. The number of nitrogens with zero attached hydrogens (tertiary/aromatic N) is 1. The van der Waals surface area contributed by atoms with E-state index in [0.29, 0.717) is 17.5 Å². The van der Waals surface area contributed by atoms with Crippen molar-refractivity contribution in [1.29, 1.82) is 0 Å². The third-order valence-electron chi connectivity index (χ3n) is 4.00. The Balaban J connectivity index is 2.42. The predicted octanol–water partition coefficient (Wildman–Crippen LogP) is 2.22. The van der Waals surface area contributed by atoms with Gasteiger partial charge in [-0.05, 0) is 25.0 Å². The van der Waals surface area contributed by atoms with Gasteiger partial charge < -0.3 is 10.0 Å². The molecule has 0 aromatic heterocycles. The third-order valence-corrected chi connectivity index (χ3v) is 5.77. The molecule has 1 aromatic carbocycles. The minimum absolute atomic E-state index is 0.0387. The molecule has 1 aromatic rings. The van der Waals surface area contributed by atoms with Crippen LogP contribution in [-0.2, 0) is 9.84 Å². The quantitative estimate of drug-likeness (QED) is 0.874. The van der Waals surface area contributed by atoms with E-state index in [9.17, 15) is 13.5 Å². The van der Waals surface area contributed by atoms with Crippen LogP contribution in [0.1, 0.15) is 32.6 Å². The molecule has 4 nitrogen and oxygen atoms in total. The van der Waals surface area contributed by atoms with Crippen molar-refractivity contribution in [3.05, 3.63) is 24.3 Å². The molecule has 1 aliphatic carbocycles. The lowest BCUT2D eigenvalue weighted by Crippen LogP contribution is -2.36. The summed E-state index contributed by atoms with van der Waals surface area (Å²) in [6.45, 7) is 2.19. The van der Waals surface area contributed by atoms with E-state index in [-0.39, 0.29) is 12.4 Å². The summed E-state index contributed by atoms with van der Waals surface area (Å²) in [5.41, 5.74) is 0.746. The lowest BCUT2D eigenvalue weighted by Gasteiger charge is -2.32. The summed E-state index contributed by atoms with van der Waals surface area (Å²) in [6, 6.07) is 7.50. The second kappa shape index (κ2) is 6.59. The summed E-state index contributed by atoms with van der Waals surface area (Å²) >= 11 is 0. The minimum Gasteiger partial charge on any atom is -0.395 e. The zero-order chi connectivity index (χ0) is 14.6. The lowest BCUT2D eigenvalue weighted by atomic mass is 10.1. The third kappa shape index (κ3) is 3.15. The Bertz CT molecular complexity index is 536. The van der Waals surface area contributed by atoms with Gasteiger partial charge in [-0.2, -0.15) is 0 Å². The van der Waals surface area contributed by atoms with Gasteiger partial charge in [0.15, 0.2) is 9.84 Å². The summed E-state index contributed by atoms with van der Waals surface area (Å²) in [4.78, 5) is 2.47. The molecule has 0 amide bonds. The summed E-state index contributed by atoms with van der Waals surface area (Å²) in [6.07, 6.45) is 4.49. The van der Waals surface area contributed by atoms with Gasteiger partial charge in [-0.15, -0.1) is 0 Å². The van der Waals surface area contributed by atoms with Gasteiger partial charge in [0.05, 0.1) is 22.9 Å². The van der Waals surface area contributed by atoms with Crippen molar-refractivity contribution >= 4 is 15.5 Å². The van der Waals surface area contributed by atoms with Crippen molar-refractivity contribution in [2.24, 2.45) is 0 Å². The molecule has 1 aliphatic rings. The highest BCUT2D eigenvalue weighted by atomic mass is 32.2. The smallest absolute Gasteiger partial charge is 0.180 e. The van der Waals surface area contributed by atoms with Crippen LogP contribution < -0.4 is 4.90 Å². The maximum atomic E-state index is 12.3. The van der Waals surface area contributed by atoms with E-state index in [2.05, 4.69) is 4.90 Å². The van der Waals surface area contributed by atoms with Gasteiger partial charge in [0.1, 0.15) is 0 Å². The molecule has 1 fully saturated rings. The van der Waals surface area contributed by atoms with E-state index in [1.807, 2.05) is 12.1 Å². The normalized spacial score (nSPS) is 16.5. The lowest BCUT2D eigenvalue weighted by molar-refractivity contribution is 0.297. The van der Waals surface area contributed by atoms with Crippen molar-refractivity contribution in [1.82, 2.24) is 0 Å². The highest BCUT2D eigenvalue weighted by Crippen LogP contribution is 2.32. The summed E-state index contributed by atoms with van der Waals surface area (Å²) in [5.74, 6) is 0.0989. The summed E-state index contributed by atoms with van der Waals surface area (Å²) in [5, 5.41) is 9.32. The van der Waals surface area contributed by atoms with Crippen LogP contribution in [0.5, 0.6) is 0 Å². The van der Waals surface area contributed by atoms with Crippen molar-refractivity contribution in [3.63, 3.8) is 0 Å². The Morgan fingerprint density at radius 1 is 1.25 bits per heavy atom. The number of hydrogen-bond acceptors (Lipinski definition) is 4. The van der Waals surface area contributed by atoms with Crippen LogP contribution in [0.4, 0.5) is 5.69 Å². The molecule has 0 saturated heterocycles. The average molecular weight is 297 g/mol. The molecule has 0 aliphatic heterocycles. The Hall–Kier alpha value is -1.07. The van der Waals surface area contributed by atoms with Gasteiger partial charge in [0, 0.05) is 12.6 Å². The molecule has 2 rings (SSSR count). The topological polar surface area (TPSA) is 57.6 Å². The number of benzene rings is 1. The first-order valence-corrected chi connectivity index (χ1v) is 8.94. The van der Waals surface area contributed by atoms with Gasteiger partial charge in [-0.3, -0.25) is 0 Å². The first-order chi connectivity index (χ1) is 9.60. The molecule has 5 heteroatoms. The summed E-state index contributed by atoms with van der Waals surface area (Å²) in [7, 11) is -3.25. The molecule has 1 saturated carbocycles. The molecular formula is C15H23NO3S. The fourth-order valence-electron chi connectivity index (χ4n) is 2.94. The Morgan fingerprint density at radius 3 is 2.50 bits per heavy atom. The van der Waals surface area contributed by atoms with Crippen molar-refractivity contribution in [2.45, 2.75) is 43.5 Å². The molecule has 0 spiro atoms. The van der Waals surface area contributed by atoms with Crippen LogP contribution >= 0.6 is 0 Å². The van der Waals surface area contributed by atoms with E-state index in [4.69, 9.17) is 0 Å². The SMILES string of the molecule is CCS(=O)(=O)c1ccccc1N(CCO)C1CCCC1. The maximum Gasteiger partial charge on any atom is 0.180 e. The number of anilines is 1. The molecule has 112 valence electrons. The van der Waals surface area contributed by atoms with Crippen LogP contribution in [0.25, 0.3) is 0 Å². The van der Waals surface area contributed by atoms with Crippen LogP contribution in [0.3, 0.4) is 0 Å². The number of aliphatic hydroxyl groups excluding tert-OH is 1. The summed E-state index contributed by atoms with van der Waals surface area (Å²) < 4.78 is 24.5. The molecule has 0 heterocycles. The molecule has 0 bridgehead atoms. The largest absolute Gasteiger partial charge is 0.395 e. The first kappa shape index (κ1) is 15.3. The second-order valence-electron chi connectivity index (χ2n) is 5.23. The number of para-hydroxylation sites is 1. The first-order valence-electron chi connectivity index (χ1n) is 7.29. The van der Waals surface area contributed by atoms with E-state index < -0.39 is 9.84 Å². The highest BCUT2D eigenvalue weighted by molar-refractivity contribution is 7.91. The van der Waals surface area contributed by atoms with Crippen molar-refractivity contribution in [2.75, 3.05) is 23.8 Å². The van der Waals surface area contributed by atoms with Gasteiger partial charge in [-0.25, -0.2) is 8.42 Å². The Labute approximate surface area is 121 Å². The van der Waals surface area contributed by atoms with Crippen LogP contribution in [0.2, 0.25) is 0 Å². The molecule has 1 N–H and O–H groups in total. The standard InChI is InChI=1S/C15H23NO3S/c1-2-20(18,19)15-10-6-5-9-14(15)16(11-12-17)13-7-3-4-8-13/h5-6,9-10,13,17H,2-4,7-8,11-12H2,1H3. The minimum atomic E-state index is -3.25. The van der Waals surface area contributed by atoms with Gasteiger partial charge in [0.2, 0.25) is 0 Å². The number of rotatable bonds is 6. The van der Waals surface area contributed by atoms with E-state index in [0.717, 1.165) is 18.5 Å². The van der Waals surface area contributed by atoms with Crippen LogP contribution in [0.15, 0.2) is 29.2 Å². The van der Waals surface area contributed by atoms with Crippen molar-refractivity contribution < 1.29 is 13.5 Å². The van der Waals surface area contributed by atoms with Crippen LogP contribution in [-0.4, -0.2) is 38.5 Å². The van der Waals surface area contributed by atoms with E-state index >= 15 is 0 Å². The number of aliphatic hydroxyl groups is 1. The van der Waals surface area contributed by atoms with E-state index in [1.54, 1.807) is 19.1 Å². The molecule has 0 unspecified atom stereocenters. The van der Waals surface area contributed by atoms with Crippen molar-refractivity contribution in [3.8, 4) is 0 Å². The number of sulfone groups is 1. The number of hydrogen-bond donors (Lipinski definition) is 1. The second-order valence-corrected chi connectivity index (χ2v) is 7.47. The molecular weight excluding hydrogens is 274 g/mol. The molecule has 0 atom stereocenters. The maximum absolute atomic E-state index is 12.3. The zero-order valence-electron chi connectivity index (χ0n) is 12.0. The Kier molecular flexibility index (Phi) is 5.05. The van der Waals surface area contributed by atoms with Gasteiger partial charge in [-0.1, -0.05) is 31.9 Å². The highest BCUT2D eigenvalue weighted by Gasteiger charge is 2.27. The van der Waals surface area contributed by atoms with Crippen LogP contribution in [0, 0.1) is 0 Å². The molecule has 20 heavy (non-hydrogen) atoms.